The Balaban J connectivity index is 2.09. The van der Waals surface area contributed by atoms with Gasteiger partial charge in [0.15, 0.2) is 0 Å². The van der Waals surface area contributed by atoms with Crippen LogP contribution in [0, 0.1) is 0 Å². The first-order valence-corrected chi connectivity index (χ1v) is 7.84. The van der Waals surface area contributed by atoms with Crippen LogP contribution in [-0.2, 0) is 0 Å². The van der Waals surface area contributed by atoms with Crippen LogP contribution in [0.3, 0.4) is 0 Å². The predicted octanol–water partition coefficient (Wildman–Crippen LogP) is 3.75. The van der Waals surface area contributed by atoms with Crippen molar-refractivity contribution < 1.29 is 0 Å². The summed E-state index contributed by atoms with van der Waals surface area (Å²) in [6, 6.07) is 9.20. The van der Waals surface area contributed by atoms with Gasteiger partial charge in [-0.05, 0) is 60.3 Å². The van der Waals surface area contributed by atoms with E-state index in [1.54, 1.807) is 5.56 Å². The van der Waals surface area contributed by atoms with Crippen LogP contribution in [0.1, 0.15) is 49.1 Å². The lowest BCUT2D eigenvalue weighted by Gasteiger charge is -2.23. The summed E-state index contributed by atoms with van der Waals surface area (Å²) in [7, 11) is 0. The smallest absolute Gasteiger partial charge is 0.00617 e. The minimum absolute atomic E-state index is 0.595. The molecule has 0 saturated carbocycles. The third-order valence-electron chi connectivity index (χ3n) is 3.77. The highest BCUT2D eigenvalue weighted by atomic mass is 32.2. The molecule has 2 heteroatoms. The van der Waals surface area contributed by atoms with Crippen molar-refractivity contribution in [3.05, 3.63) is 35.4 Å². The Kier molecular flexibility index (Phi) is 4.93. The van der Waals surface area contributed by atoms with E-state index in [0.717, 1.165) is 18.9 Å². The van der Waals surface area contributed by atoms with Gasteiger partial charge in [-0.25, -0.2) is 0 Å². The molecule has 0 spiro atoms. The van der Waals surface area contributed by atoms with Gasteiger partial charge in [0, 0.05) is 0 Å². The van der Waals surface area contributed by atoms with Gasteiger partial charge in [-0.3, -0.25) is 0 Å². The van der Waals surface area contributed by atoms with Gasteiger partial charge in [0.25, 0.3) is 0 Å². The van der Waals surface area contributed by atoms with Crippen molar-refractivity contribution in [2.24, 2.45) is 5.73 Å². The zero-order valence-electron chi connectivity index (χ0n) is 10.7. The van der Waals surface area contributed by atoms with Gasteiger partial charge in [-0.1, -0.05) is 31.2 Å². The van der Waals surface area contributed by atoms with E-state index in [1.165, 1.54) is 29.9 Å². The van der Waals surface area contributed by atoms with Gasteiger partial charge in [0.1, 0.15) is 0 Å². The van der Waals surface area contributed by atoms with Gasteiger partial charge in [0.2, 0.25) is 0 Å². The molecule has 0 aromatic heterocycles. The molecule has 1 aliphatic rings. The molecule has 1 fully saturated rings. The highest BCUT2D eigenvalue weighted by Crippen LogP contribution is 2.33. The SMILES string of the molecule is CC(CCN)c1cccc(C2CCSCC2)c1. The van der Waals surface area contributed by atoms with E-state index in [9.17, 15) is 0 Å². The normalized spacial score (nSPS) is 19.2. The maximum Gasteiger partial charge on any atom is -0.00617 e. The largest absolute Gasteiger partial charge is 0.330 e. The van der Waals surface area contributed by atoms with Crippen molar-refractivity contribution in [3.63, 3.8) is 0 Å². The van der Waals surface area contributed by atoms with Crippen LogP contribution in [0.15, 0.2) is 24.3 Å². The quantitative estimate of drug-likeness (QED) is 0.879. The number of hydrogen-bond acceptors (Lipinski definition) is 2. The molecule has 2 rings (SSSR count). The summed E-state index contributed by atoms with van der Waals surface area (Å²) in [5.41, 5.74) is 8.66. The Labute approximate surface area is 109 Å². The molecule has 1 atom stereocenters. The van der Waals surface area contributed by atoms with E-state index >= 15 is 0 Å². The summed E-state index contributed by atoms with van der Waals surface area (Å²) in [6.07, 6.45) is 3.78. The number of thioether (sulfide) groups is 1. The highest BCUT2D eigenvalue weighted by molar-refractivity contribution is 7.99. The van der Waals surface area contributed by atoms with Crippen LogP contribution in [0.2, 0.25) is 0 Å². The predicted molar refractivity (Wildman–Crippen MR) is 77.8 cm³/mol. The molecule has 0 amide bonds. The van der Waals surface area contributed by atoms with E-state index < -0.39 is 0 Å². The lowest BCUT2D eigenvalue weighted by atomic mass is 9.89. The molecule has 1 heterocycles. The van der Waals surface area contributed by atoms with Crippen LogP contribution >= 0.6 is 11.8 Å². The van der Waals surface area contributed by atoms with Gasteiger partial charge in [-0.15, -0.1) is 0 Å². The minimum Gasteiger partial charge on any atom is -0.330 e. The molecular weight excluding hydrogens is 226 g/mol. The standard InChI is InChI=1S/C15H23NS/c1-12(5-8-16)14-3-2-4-15(11-14)13-6-9-17-10-7-13/h2-4,11-13H,5-10,16H2,1H3. The monoisotopic (exact) mass is 249 g/mol. The fraction of sp³-hybridized carbons (Fsp3) is 0.600. The minimum atomic E-state index is 0.595. The van der Waals surface area contributed by atoms with Crippen molar-refractivity contribution in [1.82, 2.24) is 0 Å². The van der Waals surface area contributed by atoms with Crippen molar-refractivity contribution in [3.8, 4) is 0 Å². The number of hydrogen-bond donors (Lipinski definition) is 1. The molecule has 0 radical (unpaired) electrons. The molecule has 1 aromatic carbocycles. The molecular formula is C15H23NS. The lowest BCUT2D eigenvalue weighted by molar-refractivity contribution is 0.632. The fourth-order valence-electron chi connectivity index (χ4n) is 2.57. The zero-order valence-corrected chi connectivity index (χ0v) is 11.5. The molecule has 94 valence electrons. The average Bonchev–Trinajstić information content (AvgIpc) is 2.40. The van der Waals surface area contributed by atoms with Crippen LogP contribution < -0.4 is 5.73 Å². The third kappa shape index (κ3) is 3.49. The number of rotatable bonds is 4. The number of benzene rings is 1. The van der Waals surface area contributed by atoms with Gasteiger partial charge in [0.05, 0.1) is 0 Å². The van der Waals surface area contributed by atoms with E-state index in [4.69, 9.17) is 5.73 Å². The molecule has 1 unspecified atom stereocenters. The van der Waals surface area contributed by atoms with Gasteiger partial charge >= 0.3 is 0 Å². The Hall–Kier alpha value is -0.470. The molecule has 1 aromatic rings. The van der Waals surface area contributed by atoms with E-state index in [0.29, 0.717) is 5.92 Å². The van der Waals surface area contributed by atoms with Crippen molar-refractivity contribution in [2.75, 3.05) is 18.1 Å². The summed E-state index contributed by atoms with van der Waals surface area (Å²) in [4.78, 5) is 0. The second kappa shape index (κ2) is 6.46. The summed E-state index contributed by atoms with van der Waals surface area (Å²) in [6.45, 7) is 3.06. The second-order valence-corrected chi connectivity index (χ2v) is 6.26. The number of nitrogens with two attached hydrogens (primary N) is 1. The van der Waals surface area contributed by atoms with E-state index in [-0.39, 0.29) is 0 Å². The summed E-state index contributed by atoms with van der Waals surface area (Å²) in [5, 5.41) is 0. The first kappa shape index (κ1) is 13.0. The molecule has 1 saturated heterocycles. The van der Waals surface area contributed by atoms with Crippen LogP contribution in [0.4, 0.5) is 0 Å². The third-order valence-corrected chi connectivity index (χ3v) is 4.82. The maximum atomic E-state index is 5.64. The highest BCUT2D eigenvalue weighted by Gasteiger charge is 2.16. The van der Waals surface area contributed by atoms with Gasteiger partial charge < -0.3 is 5.73 Å². The Bertz CT molecular complexity index is 345. The maximum absolute atomic E-state index is 5.64. The van der Waals surface area contributed by atoms with Crippen molar-refractivity contribution in [1.29, 1.82) is 0 Å². The Morgan fingerprint density at radius 2 is 2.12 bits per heavy atom. The molecule has 0 bridgehead atoms. The Morgan fingerprint density at radius 3 is 2.82 bits per heavy atom. The molecule has 1 aliphatic heterocycles. The van der Waals surface area contributed by atoms with Crippen LogP contribution in [0.25, 0.3) is 0 Å². The van der Waals surface area contributed by atoms with Gasteiger partial charge in [-0.2, -0.15) is 11.8 Å². The van der Waals surface area contributed by atoms with Crippen LogP contribution in [0.5, 0.6) is 0 Å². The van der Waals surface area contributed by atoms with Crippen molar-refractivity contribution in [2.45, 2.75) is 38.0 Å². The summed E-state index contributed by atoms with van der Waals surface area (Å²) >= 11 is 2.10. The lowest BCUT2D eigenvalue weighted by Crippen LogP contribution is -2.09. The fourth-order valence-corrected chi connectivity index (χ4v) is 3.67. The zero-order chi connectivity index (χ0) is 12.1. The van der Waals surface area contributed by atoms with E-state index in [1.807, 2.05) is 0 Å². The first-order valence-electron chi connectivity index (χ1n) is 6.69. The molecule has 2 N–H and O–H groups in total. The topological polar surface area (TPSA) is 26.0 Å². The molecule has 1 nitrogen and oxygen atoms in total. The van der Waals surface area contributed by atoms with Crippen LogP contribution in [-0.4, -0.2) is 18.1 Å². The first-order chi connectivity index (χ1) is 8.31. The van der Waals surface area contributed by atoms with E-state index in [2.05, 4.69) is 43.0 Å². The summed E-state index contributed by atoms with van der Waals surface area (Å²) < 4.78 is 0. The second-order valence-electron chi connectivity index (χ2n) is 5.04. The van der Waals surface area contributed by atoms with Crippen molar-refractivity contribution >= 4 is 11.8 Å². The average molecular weight is 249 g/mol. The molecule has 17 heavy (non-hydrogen) atoms. The molecule has 0 aliphatic carbocycles. The summed E-state index contributed by atoms with van der Waals surface area (Å²) in [5.74, 6) is 4.04. The Morgan fingerprint density at radius 1 is 1.35 bits per heavy atom.